The van der Waals surface area contributed by atoms with Crippen LogP contribution in [0, 0.1) is 5.92 Å². The Balaban J connectivity index is 0.00000341. The van der Waals surface area contributed by atoms with E-state index in [1.165, 1.54) is 12.8 Å². The first-order valence-corrected chi connectivity index (χ1v) is 12.1. The lowest BCUT2D eigenvalue weighted by Crippen LogP contribution is -2.47. The molecule has 0 radical (unpaired) electrons. The number of benzene rings is 1. The fourth-order valence-corrected chi connectivity index (χ4v) is 5.11. The van der Waals surface area contributed by atoms with Gasteiger partial charge in [-0.2, -0.15) is 4.31 Å². The number of nitrogens with one attached hydrogen (secondary N) is 1. The molecule has 3 rings (SSSR count). The van der Waals surface area contributed by atoms with Gasteiger partial charge in [0, 0.05) is 60.0 Å². The maximum absolute atomic E-state index is 13.2. The van der Waals surface area contributed by atoms with Gasteiger partial charge in [-0.05, 0) is 37.4 Å². The van der Waals surface area contributed by atoms with Crippen LogP contribution in [0.3, 0.4) is 0 Å². The van der Waals surface area contributed by atoms with Crippen molar-refractivity contribution in [3.05, 3.63) is 29.8 Å². The lowest BCUT2D eigenvalue weighted by Gasteiger charge is -2.32. The maximum Gasteiger partial charge on any atom is 0.243 e. The number of ether oxygens (including phenoxy) is 1. The Bertz CT molecular complexity index is 824. The van der Waals surface area contributed by atoms with Crippen molar-refractivity contribution in [2.75, 3.05) is 67.1 Å². The van der Waals surface area contributed by atoms with Crippen LogP contribution < -0.4 is 5.32 Å². The molecule has 1 aliphatic heterocycles. The second-order valence-corrected chi connectivity index (χ2v) is 10.1. The molecule has 8 nitrogen and oxygen atoms in total. The fourth-order valence-electron chi connectivity index (χ4n) is 3.47. The number of hydrogen-bond donors (Lipinski definition) is 1. The third-order valence-corrected chi connectivity index (χ3v) is 7.68. The predicted molar refractivity (Wildman–Crippen MR) is 134 cm³/mol. The molecular formula is C21H36IN5O3S. The summed E-state index contributed by atoms with van der Waals surface area (Å²) in [5, 5.41) is 3.30. The van der Waals surface area contributed by atoms with Crippen molar-refractivity contribution in [1.29, 1.82) is 0 Å². The van der Waals surface area contributed by atoms with Crippen molar-refractivity contribution in [3.63, 3.8) is 0 Å². The van der Waals surface area contributed by atoms with E-state index in [1.807, 2.05) is 31.1 Å². The Kier molecular flexibility index (Phi) is 10.5. The Hall–Kier alpha value is -0.950. The molecule has 0 unspecified atom stereocenters. The highest BCUT2D eigenvalue weighted by Crippen LogP contribution is 2.28. The molecule has 1 N–H and O–H groups in total. The van der Waals surface area contributed by atoms with Crippen LogP contribution in [0.2, 0.25) is 0 Å². The largest absolute Gasteiger partial charge is 0.379 e. The first kappa shape index (κ1) is 26.3. The van der Waals surface area contributed by atoms with E-state index in [4.69, 9.17) is 4.74 Å². The second kappa shape index (κ2) is 12.3. The SMILES string of the molecule is CN=C(NCc1ccccc1S(=O)(=O)N1CCN(C)CC1)N(C)CCOCC1CC1.I. The molecule has 0 amide bonds. The standard InChI is InChI=1S/C21H35N5O3S.HI/c1-22-21(25(3)14-15-29-17-18-8-9-18)23-16-19-6-4-5-7-20(19)30(27,28)26-12-10-24(2)11-13-26;/h4-7,18H,8-17H2,1-3H3,(H,22,23);1H. The molecule has 1 heterocycles. The van der Waals surface area contributed by atoms with Crippen molar-refractivity contribution in [2.45, 2.75) is 24.3 Å². The maximum atomic E-state index is 13.2. The first-order chi connectivity index (χ1) is 14.4. The summed E-state index contributed by atoms with van der Waals surface area (Å²) in [6.07, 6.45) is 2.57. The Labute approximate surface area is 204 Å². The summed E-state index contributed by atoms with van der Waals surface area (Å²) in [4.78, 5) is 8.85. The summed E-state index contributed by atoms with van der Waals surface area (Å²) in [7, 11) is 2.19. The van der Waals surface area contributed by atoms with E-state index in [1.54, 1.807) is 23.5 Å². The van der Waals surface area contributed by atoms with E-state index < -0.39 is 10.0 Å². The van der Waals surface area contributed by atoms with Crippen LogP contribution in [0.1, 0.15) is 18.4 Å². The van der Waals surface area contributed by atoms with Gasteiger partial charge < -0.3 is 19.9 Å². The molecule has 1 saturated carbocycles. The van der Waals surface area contributed by atoms with Crippen LogP contribution in [0.5, 0.6) is 0 Å². The minimum atomic E-state index is -3.52. The van der Waals surface area contributed by atoms with Crippen LogP contribution >= 0.6 is 24.0 Å². The number of likely N-dealkylation sites (N-methyl/N-ethyl adjacent to an activating group) is 2. The zero-order chi connectivity index (χ0) is 21.6. The van der Waals surface area contributed by atoms with Gasteiger partial charge in [0.1, 0.15) is 0 Å². The number of guanidine groups is 1. The highest BCUT2D eigenvalue weighted by molar-refractivity contribution is 14.0. The van der Waals surface area contributed by atoms with Crippen LogP contribution in [-0.4, -0.2) is 95.6 Å². The van der Waals surface area contributed by atoms with E-state index in [0.717, 1.165) is 43.7 Å². The van der Waals surface area contributed by atoms with Gasteiger partial charge in [0.15, 0.2) is 5.96 Å². The Morgan fingerprint density at radius 3 is 2.55 bits per heavy atom. The average molecular weight is 566 g/mol. The molecule has 0 aromatic heterocycles. The molecule has 1 aromatic carbocycles. The molecule has 176 valence electrons. The molecule has 2 fully saturated rings. The minimum absolute atomic E-state index is 0. The van der Waals surface area contributed by atoms with E-state index in [0.29, 0.717) is 31.1 Å². The molecular weight excluding hydrogens is 529 g/mol. The summed E-state index contributed by atoms with van der Waals surface area (Å²) in [6.45, 7) is 5.16. The summed E-state index contributed by atoms with van der Waals surface area (Å²) in [5.41, 5.74) is 0.746. The molecule has 1 aliphatic carbocycles. The third kappa shape index (κ3) is 7.55. The van der Waals surface area contributed by atoms with Gasteiger partial charge in [-0.3, -0.25) is 4.99 Å². The molecule has 1 aromatic rings. The quantitative estimate of drug-likeness (QED) is 0.213. The molecule has 0 atom stereocenters. The van der Waals surface area contributed by atoms with Gasteiger partial charge >= 0.3 is 0 Å². The number of hydrogen-bond acceptors (Lipinski definition) is 5. The monoisotopic (exact) mass is 565 g/mol. The molecule has 0 spiro atoms. The Morgan fingerprint density at radius 2 is 1.90 bits per heavy atom. The number of sulfonamides is 1. The minimum Gasteiger partial charge on any atom is -0.379 e. The molecule has 1 saturated heterocycles. The van der Waals surface area contributed by atoms with Crippen LogP contribution in [0.15, 0.2) is 34.2 Å². The van der Waals surface area contributed by atoms with Crippen LogP contribution in [0.25, 0.3) is 0 Å². The molecule has 10 heteroatoms. The average Bonchev–Trinajstić information content (AvgIpc) is 3.57. The molecule has 0 bridgehead atoms. The highest BCUT2D eigenvalue weighted by Gasteiger charge is 2.29. The van der Waals surface area contributed by atoms with E-state index in [-0.39, 0.29) is 24.0 Å². The van der Waals surface area contributed by atoms with Crippen molar-refractivity contribution in [3.8, 4) is 0 Å². The van der Waals surface area contributed by atoms with Gasteiger partial charge in [0.2, 0.25) is 10.0 Å². The zero-order valence-corrected chi connectivity index (χ0v) is 21.9. The lowest BCUT2D eigenvalue weighted by molar-refractivity contribution is 0.115. The topological polar surface area (TPSA) is 77.5 Å². The summed E-state index contributed by atoms with van der Waals surface area (Å²) >= 11 is 0. The first-order valence-electron chi connectivity index (χ1n) is 10.7. The van der Waals surface area contributed by atoms with Gasteiger partial charge in [0.25, 0.3) is 0 Å². The summed E-state index contributed by atoms with van der Waals surface area (Å²) < 4.78 is 33.7. The van der Waals surface area contributed by atoms with Crippen molar-refractivity contribution >= 4 is 40.0 Å². The van der Waals surface area contributed by atoms with Crippen molar-refractivity contribution in [1.82, 2.24) is 19.4 Å². The number of piperazine rings is 1. The zero-order valence-electron chi connectivity index (χ0n) is 18.8. The summed E-state index contributed by atoms with van der Waals surface area (Å²) in [5.74, 6) is 1.48. The number of halogens is 1. The predicted octanol–water partition coefficient (Wildman–Crippen LogP) is 1.67. The highest BCUT2D eigenvalue weighted by atomic mass is 127. The number of aliphatic imine (C=N–C) groups is 1. The smallest absolute Gasteiger partial charge is 0.243 e. The van der Waals surface area contributed by atoms with E-state index in [2.05, 4.69) is 15.2 Å². The summed E-state index contributed by atoms with van der Waals surface area (Å²) in [6, 6.07) is 7.22. The van der Waals surface area contributed by atoms with E-state index >= 15 is 0 Å². The lowest BCUT2D eigenvalue weighted by atomic mass is 10.2. The van der Waals surface area contributed by atoms with Gasteiger partial charge in [0.05, 0.1) is 11.5 Å². The van der Waals surface area contributed by atoms with Gasteiger partial charge in [-0.15, -0.1) is 24.0 Å². The van der Waals surface area contributed by atoms with Crippen molar-refractivity contribution < 1.29 is 13.2 Å². The fraction of sp³-hybridized carbons (Fsp3) is 0.667. The normalized spacial score (nSPS) is 18.5. The molecule has 2 aliphatic rings. The molecule has 31 heavy (non-hydrogen) atoms. The van der Waals surface area contributed by atoms with Crippen molar-refractivity contribution in [2.24, 2.45) is 10.9 Å². The van der Waals surface area contributed by atoms with Crippen LogP contribution in [0.4, 0.5) is 0 Å². The number of rotatable bonds is 9. The van der Waals surface area contributed by atoms with Crippen LogP contribution in [-0.2, 0) is 21.3 Å². The third-order valence-electron chi connectivity index (χ3n) is 5.68. The second-order valence-electron chi connectivity index (χ2n) is 8.16. The van der Waals surface area contributed by atoms with Gasteiger partial charge in [-0.1, -0.05) is 18.2 Å². The Morgan fingerprint density at radius 1 is 1.23 bits per heavy atom. The van der Waals surface area contributed by atoms with E-state index in [9.17, 15) is 8.42 Å². The number of nitrogens with zero attached hydrogens (tertiary/aromatic N) is 4. The van der Waals surface area contributed by atoms with Gasteiger partial charge in [-0.25, -0.2) is 8.42 Å².